The summed E-state index contributed by atoms with van der Waals surface area (Å²) in [6.07, 6.45) is 3.40. The van der Waals surface area contributed by atoms with Crippen molar-refractivity contribution in [3.8, 4) is 0 Å². The average molecular weight is 493 g/mol. The summed E-state index contributed by atoms with van der Waals surface area (Å²) in [6, 6.07) is 30.3. The van der Waals surface area contributed by atoms with Gasteiger partial charge in [0.25, 0.3) is 0 Å². The maximum atomic E-state index is 5.08. The lowest BCUT2D eigenvalue weighted by Gasteiger charge is -2.36. The molecule has 3 heterocycles. The molecular formula is C31H36N6. The smallest absolute Gasteiger partial charge is 0.228 e. The third kappa shape index (κ3) is 5.70. The molecule has 0 unspecified atom stereocenters. The van der Waals surface area contributed by atoms with Crippen LogP contribution < -0.4 is 15.1 Å². The van der Waals surface area contributed by atoms with Gasteiger partial charge in [-0.05, 0) is 49.1 Å². The summed E-state index contributed by atoms with van der Waals surface area (Å²) >= 11 is 0. The second kappa shape index (κ2) is 11.2. The van der Waals surface area contributed by atoms with Gasteiger partial charge >= 0.3 is 0 Å². The number of hydrogen-bond acceptors (Lipinski definition) is 6. The van der Waals surface area contributed by atoms with E-state index >= 15 is 0 Å². The van der Waals surface area contributed by atoms with Crippen molar-refractivity contribution >= 4 is 28.4 Å². The number of para-hydroxylation sites is 2. The molecule has 0 spiro atoms. The maximum Gasteiger partial charge on any atom is 0.228 e. The van der Waals surface area contributed by atoms with Crippen LogP contribution in [0.4, 0.5) is 17.5 Å². The van der Waals surface area contributed by atoms with Crippen molar-refractivity contribution in [3.05, 3.63) is 90.5 Å². The van der Waals surface area contributed by atoms with Gasteiger partial charge in [-0.1, -0.05) is 60.7 Å². The zero-order valence-electron chi connectivity index (χ0n) is 21.5. The number of nitrogens with one attached hydrogen (secondary N) is 1. The van der Waals surface area contributed by atoms with Crippen LogP contribution in [0.2, 0.25) is 0 Å². The summed E-state index contributed by atoms with van der Waals surface area (Å²) in [6.45, 7) is 7.18. The van der Waals surface area contributed by atoms with Gasteiger partial charge in [-0.25, -0.2) is 4.98 Å². The standard InChI is InChI=1S/C31H36N6/c1-3-9-25(10-4-1)15-18-35-19-16-26(17-20-35)32-30-28-13-7-8-14-29(28)33-31(34-30)37-23-21-36(22-24-37)27-11-5-2-6-12-27/h1-14,26H,15-24H2,(H,32,33,34). The molecular weight excluding hydrogens is 456 g/mol. The van der Waals surface area contributed by atoms with Crippen molar-refractivity contribution in [2.45, 2.75) is 25.3 Å². The lowest BCUT2D eigenvalue weighted by molar-refractivity contribution is 0.221. The minimum atomic E-state index is 0.439. The van der Waals surface area contributed by atoms with Gasteiger partial charge in [-0.2, -0.15) is 4.98 Å². The first kappa shape index (κ1) is 23.7. The Labute approximate surface area is 219 Å². The van der Waals surface area contributed by atoms with Crippen LogP contribution in [0.15, 0.2) is 84.9 Å². The Kier molecular flexibility index (Phi) is 7.17. The van der Waals surface area contributed by atoms with Crippen molar-refractivity contribution < 1.29 is 0 Å². The minimum absolute atomic E-state index is 0.439. The lowest BCUT2D eigenvalue weighted by atomic mass is 10.0. The second-order valence-corrected chi connectivity index (χ2v) is 10.2. The maximum absolute atomic E-state index is 5.08. The molecule has 0 amide bonds. The van der Waals surface area contributed by atoms with E-state index < -0.39 is 0 Å². The summed E-state index contributed by atoms with van der Waals surface area (Å²) in [7, 11) is 0. The summed E-state index contributed by atoms with van der Waals surface area (Å²) in [4.78, 5) is 17.4. The number of likely N-dealkylation sites (tertiary alicyclic amines) is 1. The molecule has 3 aromatic carbocycles. The van der Waals surface area contributed by atoms with Crippen molar-refractivity contribution in [1.29, 1.82) is 0 Å². The Hall–Kier alpha value is -3.64. The second-order valence-electron chi connectivity index (χ2n) is 10.2. The fourth-order valence-corrected chi connectivity index (χ4v) is 5.55. The monoisotopic (exact) mass is 492 g/mol. The summed E-state index contributed by atoms with van der Waals surface area (Å²) in [5, 5.41) is 4.93. The molecule has 37 heavy (non-hydrogen) atoms. The van der Waals surface area contributed by atoms with E-state index in [9.17, 15) is 0 Å². The van der Waals surface area contributed by atoms with Gasteiger partial charge in [0.2, 0.25) is 5.95 Å². The quantitative estimate of drug-likeness (QED) is 0.389. The van der Waals surface area contributed by atoms with Crippen LogP contribution in [-0.2, 0) is 6.42 Å². The van der Waals surface area contributed by atoms with Crippen LogP contribution in [-0.4, -0.2) is 66.7 Å². The highest BCUT2D eigenvalue weighted by atomic mass is 15.3. The molecule has 190 valence electrons. The van der Waals surface area contributed by atoms with Crippen molar-refractivity contribution in [3.63, 3.8) is 0 Å². The molecule has 0 bridgehead atoms. The first-order valence-corrected chi connectivity index (χ1v) is 13.7. The third-order valence-electron chi connectivity index (χ3n) is 7.76. The Morgan fingerprint density at radius 1 is 0.676 bits per heavy atom. The molecule has 1 aromatic heterocycles. The van der Waals surface area contributed by atoms with Crippen molar-refractivity contribution in [2.24, 2.45) is 0 Å². The number of rotatable bonds is 7. The highest BCUT2D eigenvalue weighted by molar-refractivity contribution is 5.90. The summed E-state index contributed by atoms with van der Waals surface area (Å²) in [5.41, 5.74) is 3.73. The molecule has 2 saturated heterocycles. The first-order chi connectivity index (χ1) is 18.3. The molecule has 0 radical (unpaired) electrons. The molecule has 0 atom stereocenters. The zero-order valence-corrected chi connectivity index (χ0v) is 21.5. The van der Waals surface area contributed by atoms with E-state index in [-0.39, 0.29) is 0 Å². The molecule has 2 fully saturated rings. The Morgan fingerprint density at radius 2 is 1.32 bits per heavy atom. The number of hydrogen-bond donors (Lipinski definition) is 1. The van der Waals surface area contributed by atoms with Crippen LogP contribution in [0.25, 0.3) is 10.9 Å². The minimum Gasteiger partial charge on any atom is -0.368 e. The first-order valence-electron chi connectivity index (χ1n) is 13.7. The van der Waals surface area contributed by atoms with Gasteiger partial charge in [-0.3, -0.25) is 0 Å². The number of anilines is 3. The molecule has 6 rings (SSSR count). The van der Waals surface area contributed by atoms with Gasteiger partial charge in [0.1, 0.15) is 5.82 Å². The predicted molar refractivity (Wildman–Crippen MR) is 154 cm³/mol. The van der Waals surface area contributed by atoms with Crippen LogP contribution >= 0.6 is 0 Å². The number of piperazine rings is 1. The van der Waals surface area contributed by atoms with Gasteiger partial charge in [0.15, 0.2) is 0 Å². The number of aromatic nitrogens is 2. The van der Waals surface area contributed by atoms with Crippen LogP contribution in [0.5, 0.6) is 0 Å². The highest BCUT2D eigenvalue weighted by Crippen LogP contribution is 2.27. The van der Waals surface area contributed by atoms with Crippen molar-refractivity contribution in [2.75, 3.05) is 60.9 Å². The predicted octanol–water partition coefficient (Wildman–Crippen LogP) is 5.08. The molecule has 1 N–H and O–H groups in total. The Bertz CT molecular complexity index is 1280. The summed E-state index contributed by atoms with van der Waals surface area (Å²) in [5.74, 6) is 1.82. The Balaban J connectivity index is 1.10. The molecule has 6 heteroatoms. The van der Waals surface area contributed by atoms with Crippen LogP contribution in [0.1, 0.15) is 18.4 Å². The van der Waals surface area contributed by atoms with Crippen LogP contribution in [0, 0.1) is 0 Å². The van der Waals surface area contributed by atoms with E-state index in [0.717, 1.165) is 87.7 Å². The SMILES string of the molecule is c1ccc(CCN2CCC(Nc3nc(N4CCN(c5ccccc5)CC4)nc4ccccc34)CC2)cc1. The summed E-state index contributed by atoms with van der Waals surface area (Å²) < 4.78 is 0. The van der Waals surface area contributed by atoms with E-state index in [4.69, 9.17) is 9.97 Å². The number of fused-ring (bicyclic) bond motifs is 1. The normalized spacial score (nSPS) is 17.3. The van der Waals surface area contributed by atoms with Gasteiger partial charge in [0, 0.05) is 62.9 Å². The Morgan fingerprint density at radius 3 is 2.08 bits per heavy atom. The average Bonchev–Trinajstić information content (AvgIpc) is 2.98. The molecule has 0 saturated carbocycles. The van der Waals surface area contributed by atoms with Crippen molar-refractivity contribution in [1.82, 2.24) is 14.9 Å². The van der Waals surface area contributed by atoms with Gasteiger partial charge < -0.3 is 20.0 Å². The number of piperidine rings is 1. The van der Waals surface area contributed by atoms with Gasteiger partial charge in [0.05, 0.1) is 5.52 Å². The third-order valence-corrected chi connectivity index (χ3v) is 7.76. The van der Waals surface area contributed by atoms with E-state index in [1.54, 1.807) is 0 Å². The van der Waals surface area contributed by atoms with E-state index in [1.165, 1.54) is 11.3 Å². The molecule has 2 aliphatic heterocycles. The molecule has 4 aromatic rings. The molecule has 2 aliphatic rings. The number of benzene rings is 3. The van der Waals surface area contributed by atoms with Crippen LogP contribution in [0.3, 0.4) is 0 Å². The number of nitrogens with zero attached hydrogens (tertiary/aromatic N) is 5. The van der Waals surface area contributed by atoms with E-state index in [2.05, 4.69) is 105 Å². The largest absolute Gasteiger partial charge is 0.368 e. The fourth-order valence-electron chi connectivity index (χ4n) is 5.55. The topological polar surface area (TPSA) is 47.5 Å². The lowest BCUT2D eigenvalue weighted by Crippen LogP contribution is -2.47. The van der Waals surface area contributed by atoms with Gasteiger partial charge in [-0.15, -0.1) is 0 Å². The van der Waals surface area contributed by atoms with E-state index in [0.29, 0.717) is 6.04 Å². The molecule has 0 aliphatic carbocycles. The highest BCUT2D eigenvalue weighted by Gasteiger charge is 2.23. The van der Waals surface area contributed by atoms with E-state index in [1.807, 2.05) is 0 Å². The fraction of sp³-hybridized carbons (Fsp3) is 0.355. The molecule has 6 nitrogen and oxygen atoms in total. The zero-order chi connectivity index (χ0) is 24.9.